The molecule has 0 saturated carbocycles. The monoisotopic (exact) mass is 334 g/mol. The third-order valence-corrected chi connectivity index (χ3v) is 5.00. The lowest BCUT2D eigenvalue weighted by molar-refractivity contribution is 0.0693. The molecule has 2 aromatic carbocycles. The van der Waals surface area contributed by atoms with Crippen LogP contribution in [0.4, 0.5) is 0 Å². The van der Waals surface area contributed by atoms with E-state index >= 15 is 0 Å². The zero-order chi connectivity index (χ0) is 17.6. The zero-order valence-corrected chi connectivity index (χ0v) is 14.0. The Bertz CT molecular complexity index is 1060. The first-order valence-corrected chi connectivity index (χ1v) is 8.48. The van der Waals surface area contributed by atoms with E-state index in [1.165, 1.54) is 11.1 Å². The predicted octanol–water partition coefficient (Wildman–Crippen LogP) is 4.35. The van der Waals surface area contributed by atoms with E-state index in [1.54, 1.807) is 0 Å². The normalized spacial score (nSPS) is 13.6. The molecule has 1 aliphatic rings. The van der Waals surface area contributed by atoms with Crippen molar-refractivity contribution in [1.82, 2.24) is 0 Å². The lowest BCUT2D eigenvalue weighted by atomic mass is 9.87. The van der Waals surface area contributed by atoms with Crippen LogP contribution in [0.5, 0.6) is 0 Å². The third-order valence-electron chi connectivity index (χ3n) is 5.00. The first-order valence-electron chi connectivity index (χ1n) is 8.48. The first kappa shape index (κ1) is 15.6. The summed E-state index contributed by atoms with van der Waals surface area (Å²) in [4.78, 5) is 24.2. The van der Waals surface area contributed by atoms with Gasteiger partial charge in [-0.2, -0.15) is 0 Å². The topological polar surface area (TPSA) is 67.5 Å². The van der Waals surface area contributed by atoms with E-state index in [2.05, 4.69) is 0 Å². The van der Waals surface area contributed by atoms with Crippen molar-refractivity contribution in [2.24, 2.45) is 0 Å². The molecule has 4 rings (SSSR count). The molecule has 0 unspecified atom stereocenters. The third kappa shape index (κ3) is 2.54. The maximum atomic E-state index is 12.4. The van der Waals surface area contributed by atoms with Gasteiger partial charge in [-0.3, -0.25) is 0 Å². The second-order valence-electron chi connectivity index (χ2n) is 6.58. The minimum absolute atomic E-state index is 0.294. The summed E-state index contributed by atoms with van der Waals surface area (Å²) in [6.45, 7) is 1.92. The first-order chi connectivity index (χ1) is 12.1. The predicted molar refractivity (Wildman–Crippen MR) is 96.3 cm³/mol. The van der Waals surface area contributed by atoms with Gasteiger partial charge in [0.25, 0.3) is 0 Å². The van der Waals surface area contributed by atoms with E-state index in [4.69, 9.17) is 4.42 Å². The van der Waals surface area contributed by atoms with Crippen LogP contribution in [0.25, 0.3) is 22.1 Å². The Balaban J connectivity index is 2.16. The van der Waals surface area contributed by atoms with Crippen LogP contribution in [0.1, 0.15) is 39.9 Å². The van der Waals surface area contributed by atoms with Crippen molar-refractivity contribution in [3.05, 3.63) is 69.1 Å². The fourth-order valence-electron chi connectivity index (χ4n) is 3.76. The molecule has 0 aliphatic heterocycles. The molecule has 1 aliphatic carbocycles. The molecule has 1 N–H and O–H groups in total. The Kier molecular flexibility index (Phi) is 3.68. The van der Waals surface area contributed by atoms with Crippen LogP contribution < -0.4 is 5.63 Å². The van der Waals surface area contributed by atoms with E-state index < -0.39 is 11.6 Å². The molecule has 126 valence electrons. The Labute approximate surface area is 144 Å². The number of rotatable bonds is 2. The number of aryl methyl sites for hydroxylation is 3. The van der Waals surface area contributed by atoms with Gasteiger partial charge in [0.1, 0.15) is 5.58 Å². The standard InChI is InChI=1S/C21H18O4/c1-12-6-2-5-9-15(12)18-16-10-13-7-3-4-8-14(13)11-17(16)25-21(24)19(18)20(22)23/h2,5-6,9-11H,3-4,7-8H2,1H3,(H,22,23). The molecule has 0 fully saturated rings. The van der Waals surface area contributed by atoms with Gasteiger partial charge in [0.15, 0.2) is 5.56 Å². The van der Waals surface area contributed by atoms with Crippen LogP contribution in [0, 0.1) is 6.92 Å². The average molecular weight is 334 g/mol. The zero-order valence-electron chi connectivity index (χ0n) is 14.0. The van der Waals surface area contributed by atoms with Crippen molar-refractivity contribution in [3.63, 3.8) is 0 Å². The molecule has 0 spiro atoms. The van der Waals surface area contributed by atoms with Crippen LogP contribution >= 0.6 is 0 Å². The van der Waals surface area contributed by atoms with Crippen LogP contribution in [-0.4, -0.2) is 11.1 Å². The van der Waals surface area contributed by atoms with Crippen LogP contribution in [0.3, 0.4) is 0 Å². The second kappa shape index (κ2) is 5.88. The Morgan fingerprint density at radius 3 is 2.44 bits per heavy atom. The summed E-state index contributed by atoms with van der Waals surface area (Å²) < 4.78 is 5.39. The van der Waals surface area contributed by atoms with Gasteiger partial charge in [0, 0.05) is 10.9 Å². The van der Waals surface area contributed by atoms with Crippen molar-refractivity contribution in [3.8, 4) is 11.1 Å². The van der Waals surface area contributed by atoms with E-state index in [9.17, 15) is 14.7 Å². The minimum Gasteiger partial charge on any atom is -0.477 e. The van der Waals surface area contributed by atoms with Gasteiger partial charge in [-0.1, -0.05) is 24.3 Å². The molecule has 25 heavy (non-hydrogen) atoms. The molecule has 0 radical (unpaired) electrons. The number of carbonyl (C=O) groups is 1. The molecule has 0 amide bonds. The summed E-state index contributed by atoms with van der Waals surface area (Å²) in [5, 5.41) is 10.3. The molecule has 1 heterocycles. The summed E-state index contributed by atoms with van der Waals surface area (Å²) in [5.41, 5.74) is 3.94. The van der Waals surface area contributed by atoms with E-state index in [1.807, 2.05) is 43.3 Å². The Morgan fingerprint density at radius 1 is 1.08 bits per heavy atom. The number of hydrogen-bond acceptors (Lipinski definition) is 3. The van der Waals surface area contributed by atoms with Gasteiger partial charge in [0.05, 0.1) is 0 Å². The molecule has 0 bridgehead atoms. The van der Waals surface area contributed by atoms with E-state index in [0.717, 1.165) is 36.8 Å². The molecule has 3 aromatic rings. The average Bonchev–Trinajstić information content (AvgIpc) is 2.59. The number of fused-ring (bicyclic) bond motifs is 2. The van der Waals surface area contributed by atoms with Crippen LogP contribution in [0.2, 0.25) is 0 Å². The van der Waals surface area contributed by atoms with Crippen molar-refractivity contribution in [2.45, 2.75) is 32.6 Å². The van der Waals surface area contributed by atoms with Crippen molar-refractivity contribution in [1.29, 1.82) is 0 Å². The molecular formula is C21H18O4. The van der Waals surface area contributed by atoms with Gasteiger partial charge < -0.3 is 9.52 Å². The fraction of sp³-hybridized carbons (Fsp3) is 0.238. The Hall–Kier alpha value is -2.88. The quantitative estimate of drug-likeness (QED) is 0.708. The van der Waals surface area contributed by atoms with Crippen LogP contribution in [-0.2, 0) is 12.8 Å². The maximum absolute atomic E-state index is 12.4. The summed E-state index contributed by atoms with van der Waals surface area (Å²) >= 11 is 0. The van der Waals surface area contributed by atoms with Crippen molar-refractivity contribution >= 4 is 16.9 Å². The number of carboxylic acids is 1. The maximum Gasteiger partial charge on any atom is 0.351 e. The number of aromatic carboxylic acids is 1. The Morgan fingerprint density at radius 2 is 1.76 bits per heavy atom. The van der Waals surface area contributed by atoms with Gasteiger partial charge >= 0.3 is 11.6 Å². The molecule has 4 nitrogen and oxygen atoms in total. The molecule has 4 heteroatoms. The molecular weight excluding hydrogens is 316 g/mol. The lowest BCUT2D eigenvalue weighted by Crippen LogP contribution is -2.16. The minimum atomic E-state index is -1.26. The number of benzene rings is 2. The summed E-state index contributed by atoms with van der Waals surface area (Å²) in [6, 6.07) is 11.5. The van der Waals surface area contributed by atoms with Crippen LogP contribution in [0.15, 0.2) is 45.6 Å². The fourth-order valence-corrected chi connectivity index (χ4v) is 3.76. The highest BCUT2D eigenvalue weighted by Crippen LogP contribution is 2.35. The van der Waals surface area contributed by atoms with E-state index in [0.29, 0.717) is 16.5 Å². The molecule has 0 atom stereocenters. The van der Waals surface area contributed by atoms with Crippen molar-refractivity contribution in [2.75, 3.05) is 0 Å². The number of carboxylic acid groups (broad SMARTS) is 1. The summed E-state index contributed by atoms with van der Waals surface area (Å²) in [7, 11) is 0. The van der Waals surface area contributed by atoms with Crippen molar-refractivity contribution < 1.29 is 14.3 Å². The smallest absolute Gasteiger partial charge is 0.351 e. The van der Waals surface area contributed by atoms with Gasteiger partial charge in [-0.05, 0) is 67.0 Å². The molecule has 1 aromatic heterocycles. The SMILES string of the molecule is Cc1ccccc1-c1c(C(=O)O)c(=O)oc2cc3c(cc12)CCCC3. The largest absolute Gasteiger partial charge is 0.477 e. The number of hydrogen-bond donors (Lipinski definition) is 1. The summed E-state index contributed by atoms with van der Waals surface area (Å²) in [6.07, 6.45) is 4.19. The lowest BCUT2D eigenvalue weighted by Gasteiger charge is -2.18. The van der Waals surface area contributed by atoms with Gasteiger partial charge in [0.2, 0.25) is 0 Å². The van der Waals surface area contributed by atoms with Gasteiger partial charge in [-0.25, -0.2) is 9.59 Å². The highest BCUT2D eigenvalue weighted by Gasteiger charge is 2.24. The summed E-state index contributed by atoms with van der Waals surface area (Å²) in [5.74, 6) is -1.26. The molecule has 0 saturated heterocycles. The van der Waals surface area contributed by atoms with Gasteiger partial charge in [-0.15, -0.1) is 0 Å². The second-order valence-corrected chi connectivity index (χ2v) is 6.58. The highest BCUT2D eigenvalue weighted by molar-refractivity contribution is 6.06. The highest BCUT2D eigenvalue weighted by atomic mass is 16.4. The van der Waals surface area contributed by atoms with E-state index in [-0.39, 0.29) is 5.56 Å².